The molecule has 0 aromatic heterocycles. The summed E-state index contributed by atoms with van der Waals surface area (Å²) in [6, 6.07) is 0. The number of carbonyl (C=O) groups is 2. The van der Waals surface area contributed by atoms with Crippen LogP contribution >= 0.6 is 0 Å². The average Bonchev–Trinajstić information content (AvgIpc) is 3.88. The van der Waals surface area contributed by atoms with Crippen LogP contribution in [-0.4, -0.2) is 80.7 Å². The van der Waals surface area contributed by atoms with Crippen molar-refractivity contribution in [3.05, 3.63) is 23.3 Å². The number of hydrogen-bond donors (Lipinski definition) is 3. The van der Waals surface area contributed by atoms with Gasteiger partial charge < -0.3 is 35.4 Å². The quantitative estimate of drug-likeness (QED) is 0.0395. The van der Waals surface area contributed by atoms with E-state index in [1.165, 1.54) is 122 Å². The third-order valence-electron chi connectivity index (χ3n) is 22.6. The summed E-state index contributed by atoms with van der Waals surface area (Å²) in [5, 5.41) is 14.9. The van der Waals surface area contributed by atoms with E-state index in [1.54, 1.807) is 11.1 Å². The molecule has 0 spiro atoms. The fourth-order valence-corrected chi connectivity index (χ4v) is 18.8. The van der Waals surface area contributed by atoms with E-state index in [1.807, 2.05) is 6.92 Å². The number of esters is 1. The van der Waals surface area contributed by atoms with Crippen LogP contribution < -0.4 is 29.5 Å². The van der Waals surface area contributed by atoms with Crippen LogP contribution in [0.5, 0.6) is 0 Å². The van der Waals surface area contributed by atoms with Gasteiger partial charge in [-0.2, -0.15) is 0 Å². The van der Waals surface area contributed by atoms with Crippen molar-refractivity contribution in [2.45, 2.75) is 230 Å². The number of ether oxygens (including phenoxy) is 3. The molecular formula is C64H111LiN2O7. The first-order valence-corrected chi connectivity index (χ1v) is 30.7. The van der Waals surface area contributed by atoms with Gasteiger partial charge in [0.05, 0.1) is 45.1 Å². The van der Waals surface area contributed by atoms with Crippen molar-refractivity contribution in [1.82, 2.24) is 10.6 Å². The molecule has 0 aromatic carbocycles. The molecule has 0 saturated heterocycles. The maximum Gasteiger partial charge on any atom is 1.00 e. The molecule has 420 valence electrons. The molecule has 6 saturated carbocycles. The molecule has 0 heterocycles. The Hall–Kier alpha value is -1.18. The Kier molecular flexibility index (Phi) is 24.3. The van der Waals surface area contributed by atoms with E-state index >= 15 is 0 Å². The topological polar surface area (TPSA) is 136 Å². The first-order valence-electron chi connectivity index (χ1n) is 30.7. The number of hydrogen-bond acceptors (Lipinski definition) is 8. The van der Waals surface area contributed by atoms with Crippen molar-refractivity contribution >= 4 is 11.9 Å². The molecule has 10 heteroatoms. The van der Waals surface area contributed by atoms with E-state index in [9.17, 15) is 9.59 Å². The smallest absolute Gasteiger partial charge is 0.870 e. The molecule has 4 N–H and O–H groups in total. The normalized spacial score (nSPS) is 37.6. The van der Waals surface area contributed by atoms with Crippen molar-refractivity contribution < 1.29 is 53.2 Å². The van der Waals surface area contributed by atoms with Crippen LogP contribution in [-0.2, 0) is 23.8 Å². The van der Waals surface area contributed by atoms with Crippen molar-refractivity contribution in [3.8, 4) is 0 Å². The van der Waals surface area contributed by atoms with Gasteiger partial charge in [0.2, 0.25) is 0 Å². The largest absolute Gasteiger partial charge is 1.00 e. The molecule has 0 amide bonds. The number of aliphatic carboxylic acids is 1. The molecule has 9 nitrogen and oxygen atoms in total. The summed E-state index contributed by atoms with van der Waals surface area (Å²) in [6.07, 6.45) is 35.6. The van der Waals surface area contributed by atoms with E-state index in [-0.39, 0.29) is 43.4 Å². The summed E-state index contributed by atoms with van der Waals surface area (Å²) >= 11 is 0. The Morgan fingerprint density at radius 1 is 0.608 bits per heavy atom. The first kappa shape index (κ1) is 63.6. The number of carboxylic acid groups (broad SMARTS) is 1. The minimum absolute atomic E-state index is 0. The van der Waals surface area contributed by atoms with E-state index in [0.717, 1.165) is 90.3 Å². The minimum Gasteiger partial charge on any atom is -0.870 e. The Bertz CT molecular complexity index is 1820. The van der Waals surface area contributed by atoms with Crippen molar-refractivity contribution in [2.24, 2.45) is 92.7 Å². The number of allylic oxidation sites excluding steroid dienone is 2. The monoisotopic (exact) mass is 1030 g/mol. The number of nitrogens with one attached hydrogen (secondary N) is 2. The fraction of sp³-hybridized carbons (Fsp3) is 0.906. The standard InChI is InChI=1S/C33H57NO3.C31H53NO3.Li.H2O/c1-7-36-31(35)22-34-19-20-37-26-15-17-32(5)25(21-26)11-12-27-29-14-13-28(24(4)10-8-9-23(2)3)33(29,6)18-16-30(27)32;1-21(2)7-6-8-22(3)26-11-12-27-25-10-9-23-19-24(35-18-17-32-20-29(33)34)13-15-30(23,4)28(25)14-16-31(26,27)5;;/h11,23-24,26-30,34H,7-10,12-22H2,1-6H3;9,21-22,24-28,32H,6-8,10-20H2,1-5H3,(H,33,34);;1H2/q;;+1;/p-1/t24-,26+,27?,28-,29?,30?,32+,33-;22-,24+,25?,26-,27?,28?,30+,31-;;/m11../s1. The number of fused-ring (bicyclic) bond motifs is 10. The molecule has 0 bridgehead atoms. The summed E-state index contributed by atoms with van der Waals surface area (Å²) in [4.78, 5) is 22.2. The van der Waals surface area contributed by atoms with Crippen molar-refractivity contribution in [1.29, 1.82) is 0 Å². The maximum absolute atomic E-state index is 11.5. The van der Waals surface area contributed by atoms with Gasteiger partial charge in [0.15, 0.2) is 0 Å². The molecule has 16 atom stereocenters. The third-order valence-corrected chi connectivity index (χ3v) is 22.6. The summed E-state index contributed by atoms with van der Waals surface area (Å²) in [7, 11) is 0. The predicted octanol–water partition coefficient (Wildman–Crippen LogP) is 11.5. The Morgan fingerprint density at radius 2 is 1.04 bits per heavy atom. The van der Waals surface area contributed by atoms with Crippen LogP contribution in [0.4, 0.5) is 0 Å². The van der Waals surface area contributed by atoms with E-state index in [2.05, 4.69) is 92.0 Å². The third kappa shape index (κ3) is 14.6. The molecule has 8 aliphatic carbocycles. The average molecular weight is 1030 g/mol. The molecular weight excluding hydrogens is 916 g/mol. The van der Waals surface area contributed by atoms with Crippen LogP contribution in [0.15, 0.2) is 23.3 Å². The van der Waals surface area contributed by atoms with Gasteiger partial charge in [0, 0.05) is 13.1 Å². The zero-order valence-electron chi connectivity index (χ0n) is 49.7. The summed E-state index contributed by atoms with van der Waals surface area (Å²) in [5.74, 6) is 9.66. The second kappa shape index (κ2) is 28.3. The summed E-state index contributed by atoms with van der Waals surface area (Å²) in [5.41, 5.74) is 5.25. The van der Waals surface area contributed by atoms with Crippen LogP contribution in [0.1, 0.15) is 217 Å². The van der Waals surface area contributed by atoms with Gasteiger partial charge in [0.25, 0.3) is 0 Å². The Labute approximate surface area is 465 Å². The molecule has 0 radical (unpaired) electrons. The van der Waals surface area contributed by atoms with E-state index in [4.69, 9.17) is 19.3 Å². The SMILES string of the molecule is CC(C)CCC[C@@H](C)[C@H]1CCC2C3CC=C4C[C@@H](OCCNCC(=O)O)CC[C@]4(C)C3CC[C@@]21C.CCOC(=O)CNCCO[C@H]1CC[C@@]2(C)C(=CCC3C2CC[C@@]2(C)C3CC[C@@H]2[C@H](C)CCCC(C)C)C1.[Li+].[OH-]. The zero-order valence-corrected chi connectivity index (χ0v) is 49.7. The Morgan fingerprint density at radius 3 is 1.45 bits per heavy atom. The second-order valence-electron chi connectivity index (χ2n) is 27.6. The summed E-state index contributed by atoms with van der Waals surface area (Å²) < 4.78 is 17.4. The number of rotatable bonds is 23. The van der Waals surface area contributed by atoms with Gasteiger partial charge >= 0.3 is 30.8 Å². The molecule has 8 aliphatic rings. The van der Waals surface area contributed by atoms with Crippen LogP contribution in [0.2, 0.25) is 0 Å². The van der Waals surface area contributed by atoms with Gasteiger partial charge in [-0.1, -0.05) is 131 Å². The molecule has 6 fully saturated rings. The molecule has 0 aromatic rings. The number of carboxylic acids is 1. The first-order chi connectivity index (χ1) is 34.3. The fourth-order valence-electron chi connectivity index (χ4n) is 18.8. The molecule has 0 aliphatic heterocycles. The molecule has 74 heavy (non-hydrogen) atoms. The second-order valence-corrected chi connectivity index (χ2v) is 27.6. The van der Waals surface area contributed by atoms with Crippen LogP contribution in [0.25, 0.3) is 0 Å². The van der Waals surface area contributed by atoms with Crippen molar-refractivity contribution in [2.75, 3.05) is 46.0 Å². The van der Waals surface area contributed by atoms with Gasteiger partial charge in [-0.25, -0.2) is 0 Å². The maximum atomic E-state index is 11.5. The van der Waals surface area contributed by atoms with Crippen LogP contribution in [0.3, 0.4) is 0 Å². The molecule has 6 unspecified atom stereocenters. The number of carbonyl (C=O) groups excluding carboxylic acids is 1. The summed E-state index contributed by atoms with van der Waals surface area (Å²) in [6.45, 7) is 30.4. The van der Waals surface area contributed by atoms with Gasteiger partial charge in [-0.05, 0) is 202 Å². The van der Waals surface area contributed by atoms with Gasteiger partial charge in [-0.3, -0.25) is 9.59 Å². The molecule has 8 rings (SSSR count). The van der Waals surface area contributed by atoms with Gasteiger partial charge in [0.1, 0.15) is 0 Å². The Balaban J connectivity index is 0.000000267. The zero-order chi connectivity index (χ0) is 51.8. The minimum atomic E-state index is -0.807. The van der Waals surface area contributed by atoms with Crippen molar-refractivity contribution in [3.63, 3.8) is 0 Å². The van der Waals surface area contributed by atoms with Crippen LogP contribution in [0, 0.1) is 92.7 Å². The van der Waals surface area contributed by atoms with E-state index < -0.39 is 5.97 Å². The predicted molar refractivity (Wildman–Crippen MR) is 298 cm³/mol. The van der Waals surface area contributed by atoms with Gasteiger partial charge in [-0.15, -0.1) is 0 Å². The van der Waals surface area contributed by atoms with E-state index in [0.29, 0.717) is 66.8 Å².